The lowest BCUT2D eigenvalue weighted by Gasteiger charge is -1.99. The molecule has 108 valence electrons. The van der Waals surface area contributed by atoms with Gasteiger partial charge in [0, 0.05) is 25.1 Å². The summed E-state index contributed by atoms with van der Waals surface area (Å²) >= 11 is 1.45. The van der Waals surface area contributed by atoms with Gasteiger partial charge in [0.1, 0.15) is 0 Å². The molecule has 2 N–H and O–H groups in total. The van der Waals surface area contributed by atoms with Crippen LogP contribution in [0.1, 0.15) is 12.1 Å². The second-order valence-corrected chi connectivity index (χ2v) is 5.01. The Bertz CT molecular complexity index is 567. The van der Waals surface area contributed by atoms with Crippen LogP contribution in [0.3, 0.4) is 0 Å². The maximum Gasteiger partial charge on any atom is 0.303 e. The van der Waals surface area contributed by atoms with Crippen LogP contribution < -0.4 is 5.32 Å². The molecule has 0 aromatic carbocycles. The Morgan fingerprint density at radius 1 is 1.60 bits per heavy atom. The van der Waals surface area contributed by atoms with E-state index in [0.29, 0.717) is 19.6 Å². The highest BCUT2D eigenvalue weighted by Crippen LogP contribution is 2.21. The average molecular weight is 296 g/mol. The van der Waals surface area contributed by atoms with Gasteiger partial charge in [-0.15, -0.1) is 11.3 Å². The Kier molecular flexibility index (Phi) is 5.08. The lowest BCUT2D eigenvalue weighted by Crippen LogP contribution is -2.03. The van der Waals surface area contributed by atoms with Gasteiger partial charge in [-0.05, 0) is 0 Å². The highest BCUT2D eigenvalue weighted by Gasteiger charge is 2.06. The Morgan fingerprint density at radius 3 is 3.20 bits per heavy atom. The quantitative estimate of drug-likeness (QED) is 0.771. The Balaban J connectivity index is 1.89. The van der Waals surface area contributed by atoms with Gasteiger partial charge in [0.15, 0.2) is 5.13 Å². The van der Waals surface area contributed by atoms with E-state index in [0.717, 1.165) is 16.5 Å². The van der Waals surface area contributed by atoms with Crippen molar-refractivity contribution in [2.45, 2.75) is 19.4 Å². The smallest absolute Gasteiger partial charge is 0.303 e. The van der Waals surface area contributed by atoms with E-state index in [1.807, 2.05) is 11.6 Å². The highest BCUT2D eigenvalue weighted by molar-refractivity contribution is 7.13. The molecule has 0 saturated heterocycles. The van der Waals surface area contributed by atoms with Crippen LogP contribution in [0, 0.1) is 0 Å². The van der Waals surface area contributed by atoms with Crippen molar-refractivity contribution in [1.82, 2.24) is 14.8 Å². The number of carboxylic acid groups (broad SMARTS) is 1. The number of carbonyl (C=O) groups is 1. The van der Waals surface area contributed by atoms with Gasteiger partial charge in [0.25, 0.3) is 0 Å². The molecule has 2 heterocycles. The number of hydrogen-bond acceptors (Lipinski definition) is 6. The highest BCUT2D eigenvalue weighted by atomic mass is 32.1. The third-order valence-electron chi connectivity index (χ3n) is 2.56. The molecule has 2 aromatic rings. The zero-order chi connectivity index (χ0) is 14.4. The van der Waals surface area contributed by atoms with Crippen molar-refractivity contribution in [3.8, 4) is 0 Å². The summed E-state index contributed by atoms with van der Waals surface area (Å²) in [6.45, 7) is 1.30. The molecular weight excluding hydrogens is 280 g/mol. The summed E-state index contributed by atoms with van der Waals surface area (Å²) in [4.78, 5) is 14.8. The number of aryl methyl sites for hydroxylation is 1. The third kappa shape index (κ3) is 4.32. The predicted molar refractivity (Wildman–Crippen MR) is 75.5 cm³/mol. The summed E-state index contributed by atoms with van der Waals surface area (Å²) < 4.78 is 6.77. The number of thiazole rings is 1. The molecule has 0 aliphatic heterocycles. The molecule has 0 radical (unpaired) electrons. The number of methoxy groups -OCH3 is 1. The van der Waals surface area contributed by atoms with Gasteiger partial charge >= 0.3 is 5.97 Å². The van der Waals surface area contributed by atoms with E-state index in [-0.39, 0.29) is 6.42 Å². The fourth-order valence-electron chi connectivity index (χ4n) is 1.57. The van der Waals surface area contributed by atoms with Crippen molar-refractivity contribution >= 4 is 28.1 Å². The molecule has 0 unspecified atom stereocenters. The molecule has 0 saturated carbocycles. The van der Waals surface area contributed by atoms with E-state index in [2.05, 4.69) is 15.4 Å². The van der Waals surface area contributed by atoms with Gasteiger partial charge in [-0.3, -0.25) is 9.48 Å². The number of ether oxygens (including phenoxy) is 1. The van der Waals surface area contributed by atoms with Crippen molar-refractivity contribution in [1.29, 1.82) is 0 Å². The fourth-order valence-corrected chi connectivity index (χ4v) is 2.34. The SMILES string of the molecule is COCCn1cc(Nc2nc(CCC(=O)O)cs2)cn1. The molecule has 0 spiro atoms. The molecule has 0 aliphatic carbocycles. The van der Waals surface area contributed by atoms with Crippen molar-refractivity contribution < 1.29 is 14.6 Å². The molecule has 20 heavy (non-hydrogen) atoms. The van der Waals surface area contributed by atoms with Crippen LogP contribution in [0.5, 0.6) is 0 Å². The topological polar surface area (TPSA) is 89.3 Å². The standard InChI is InChI=1S/C12H16N4O3S/c1-19-5-4-16-7-10(6-13-16)15-12-14-9(8-20-12)2-3-11(17)18/h6-8H,2-5H2,1H3,(H,14,15)(H,17,18). The minimum Gasteiger partial charge on any atom is -0.481 e. The fraction of sp³-hybridized carbons (Fsp3) is 0.417. The molecule has 0 bridgehead atoms. The summed E-state index contributed by atoms with van der Waals surface area (Å²) in [5.74, 6) is -0.813. The summed E-state index contributed by atoms with van der Waals surface area (Å²) in [6, 6.07) is 0. The lowest BCUT2D eigenvalue weighted by molar-refractivity contribution is -0.136. The van der Waals surface area contributed by atoms with E-state index in [1.165, 1.54) is 11.3 Å². The molecule has 8 heteroatoms. The molecule has 2 rings (SSSR count). The van der Waals surface area contributed by atoms with E-state index < -0.39 is 5.97 Å². The zero-order valence-electron chi connectivity index (χ0n) is 11.1. The average Bonchev–Trinajstić information content (AvgIpc) is 3.04. The summed E-state index contributed by atoms with van der Waals surface area (Å²) in [7, 11) is 1.65. The van der Waals surface area contributed by atoms with Gasteiger partial charge in [-0.2, -0.15) is 5.10 Å². The maximum absolute atomic E-state index is 10.5. The number of anilines is 2. The van der Waals surface area contributed by atoms with Crippen LogP contribution in [0.4, 0.5) is 10.8 Å². The van der Waals surface area contributed by atoms with Crippen LogP contribution in [-0.4, -0.2) is 39.6 Å². The number of hydrogen-bond donors (Lipinski definition) is 2. The molecular formula is C12H16N4O3S. The van der Waals surface area contributed by atoms with Crippen LogP contribution >= 0.6 is 11.3 Å². The van der Waals surface area contributed by atoms with E-state index in [4.69, 9.17) is 9.84 Å². The largest absolute Gasteiger partial charge is 0.481 e. The summed E-state index contributed by atoms with van der Waals surface area (Å²) in [5.41, 5.74) is 1.63. The molecule has 7 nitrogen and oxygen atoms in total. The number of aromatic nitrogens is 3. The summed E-state index contributed by atoms with van der Waals surface area (Å²) in [5, 5.41) is 18.6. The van der Waals surface area contributed by atoms with Crippen LogP contribution in [0.2, 0.25) is 0 Å². The van der Waals surface area contributed by atoms with Crippen LogP contribution in [0.15, 0.2) is 17.8 Å². The molecule has 0 aliphatic rings. The van der Waals surface area contributed by atoms with E-state index >= 15 is 0 Å². The minimum absolute atomic E-state index is 0.0954. The minimum atomic E-state index is -0.813. The van der Waals surface area contributed by atoms with Crippen molar-refractivity contribution in [3.63, 3.8) is 0 Å². The summed E-state index contributed by atoms with van der Waals surface area (Å²) in [6.07, 6.45) is 4.13. The van der Waals surface area contributed by atoms with Crippen molar-refractivity contribution in [2.24, 2.45) is 0 Å². The normalized spacial score (nSPS) is 10.7. The predicted octanol–water partition coefficient (Wildman–Crippen LogP) is 1.75. The Hall–Kier alpha value is -1.93. The number of carboxylic acids is 1. The monoisotopic (exact) mass is 296 g/mol. The first-order valence-corrected chi connectivity index (χ1v) is 7.00. The van der Waals surface area contributed by atoms with E-state index in [1.54, 1.807) is 18.0 Å². The number of rotatable bonds is 8. The molecule has 0 fully saturated rings. The first-order chi connectivity index (χ1) is 9.67. The third-order valence-corrected chi connectivity index (χ3v) is 3.36. The van der Waals surface area contributed by atoms with Gasteiger partial charge in [-0.1, -0.05) is 0 Å². The Labute approximate surface area is 120 Å². The maximum atomic E-state index is 10.5. The van der Waals surface area contributed by atoms with Gasteiger partial charge in [0.2, 0.25) is 0 Å². The Morgan fingerprint density at radius 2 is 2.45 bits per heavy atom. The van der Waals surface area contributed by atoms with Crippen molar-refractivity contribution in [2.75, 3.05) is 19.0 Å². The van der Waals surface area contributed by atoms with Gasteiger partial charge < -0.3 is 15.2 Å². The van der Waals surface area contributed by atoms with E-state index in [9.17, 15) is 4.79 Å². The molecule has 0 amide bonds. The van der Waals surface area contributed by atoms with Gasteiger partial charge in [-0.25, -0.2) is 4.98 Å². The first kappa shape index (κ1) is 14.5. The number of aliphatic carboxylic acids is 1. The second-order valence-electron chi connectivity index (χ2n) is 4.15. The number of nitrogens with one attached hydrogen (secondary N) is 1. The van der Waals surface area contributed by atoms with Gasteiger partial charge in [0.05, 0.1) is 37.2 Å². The number of nitrogens with zero attached hydrogens (tertiary/aromatic N) is 3. The van der Waals surface area contributed by atoms with Crippen LogP contribution in [-0.2, 0) is 22.5 Å². The molecule has 0 atom stereocenters. The second kappa shape index (κ2) is 7.01. The zero-order valence-corrected chi connectivity index (χ0v) is 11.9. The lowest BCUT2D eigenvalue weighted by atomic mass is 10.2. The van der Waals surface area contributed by atoms with Crippen molar-refractivity contribution in [3.05, 3.63) is 23.5 Å². The van der Waals surface area contributed by atoms with Crippen LogP contribution in [0.25, 0.3) is 0 Å². The molecule has 2 aromatic heterocycles. The first-order valence-electron chi connectivity index (χ1n) is 6.12.